The van der Waals surface area contributed by atoms with E-state index in [9.17, 15) is 0 Å². The van der Waals surface area contributed by atoms with Crippen LogP contribution in [0.2, 0.25) is 0 Å². The summed E-state index contributed by atoms with van der Waals surface area (Å²) < 4.78 is 6.07. The number of benzene rings is 3. The Morgan fingerprint density at radius 1 is 0.742 bits per heavy atom. The zero-order valence-electron chi connectivity index (χ0n) is 18.8. The van der Waals surface area contributed by atoms with Crippen LogP contribution in [0.1, 0.15) is 75.0 Å². The summed E-state index contributed by atoms with van der Waals surface area (Å²) in [5.74, 6) is 0.790. The summed E-state index contributed by atoms with van der Waals surface area (Å²) in [6.45, 7) is 5.58. The minimum atomic E-state index is -0.147. The van der Waals surface area contributed by atoms with Crippen LogP contribution in [0.15, 0.2) is 66.7 Å². The molecule has 1 nitrogen and oxygen atoms in total. The van der Waals surface area contributed by atoms with Crippen molar-refractivity contribution in [3.63, 3.8) is 0 Å². The minimum Gasteiger partial charge on any atom is -0.370 e. The predicted molar refractivity (Wildman–Crippen MR) is 128 cm³/mol. The summed E-state index contributed by atoms with van der Waals surface area (Å²) in [7, 11) is 0. The Balaban J connectivity index is 1.49. The quantitative estimate of drug-likeness (QED) is 0.416. The average Bonchev–Trinajstić information content (AvgIpc) is 3.61. The van der Waals surface area contributed by atoms with Crippen LogP contribution >= 0.6 is 0 Å². The summed E-state index contributed by atoms with van der Waals surface area (Å²) in [5.41, 5.74) is 9.97. The molecule has 0 spiro atoms. The van der Waals surface area contributed by atoms with Gasteiger partial charge in [0.15, 0.2) is 0 Å². The van der Waals surface area contributed by atoms with Crippen molar-refractivity contribution in [3.05, 3.63) is 83.4 Å². The van der Waals surface area contributed by atoms with Gasteiger partial charge in [0.05, 0.1) is 12.2 Å². The first-order valence-corrected chi connectivity index (χ1v) is 12.0. The van der Waals surface area contributed by atoms with Gasteiger partial charge in [-0.25, -0.2) is 0 Å². The van der Waals surface area contributed by atoms with E-state index in [-0.39, 0.29) is 11.0 Å². The second-order valence-electron chi connectivity index (χ2n) is 10.4. The molecule has 2 saturated carbocycles. The fraction of sp³-hybridized carbons (Fsp3) is 0.400. The van der Waals surface area contributed by atoms with E-state index in [2.05, 4.69) is 80.6 Å². The molecule has 0 bridgehead atoms. The minimum absolute atomic E-state index is 0.147. The van der Waals surface area contributed by atoms with Gasteiger partial charge in [-0.1, -0.05) is 74.0 Å². The lowest BCUT2D eigenvalue weighted by Gasteiger charge is -2.43. The summed E-state index contributed by atoms with van der Waals surface area (Å²) in [6, 6.07) is 25.4. The molecule has 1 heterocycles. The Bertz CT molecular complexity index is 1130. The van der Waals surface area contributed by atoms with E-state index in [1.54, 1.807) is 0 Å². The molecule has 0 aromatic heterocycles. The number of rotatable bonds is 5. The van der Waals surface area contributed by atoms with E-state index in [1.165, 1.54) is 71.0 Å². The molecule has 158 valence electrons. The lowest BCUT2D eigenvalue weighted by molar-refractivity contribution is -0.140. The zero-order chi connectivity index (χ0) is 21.1. The average molecular weight is 409 g/mol. The monoisotopic (exact) mass is 408 g/mol. The van der Waals surface area contributed by atoms with Gasteiger partial charge < -0.3 is 4.74 Å². The second kappa shape index (κ2) is 7.07. The highest BCUT2D eigenvalue weighted by atomic mass is 16.5. The Morgan fingerprint density at radius 3 is 2.16 bits per heavy atom. The van der Waals surface area contributed by atoms with E-state index < -0.39 is 0 Å². The van der Waals surface area contributed by atoms with Crippen LogP contribution in [0.25, 0.3) is 22.3 Å². The standard InChI is InChI=1S/C30H32O/c1-29(15-6-16-29)28-20-24(23-8-5-7-22(19-23)21-11-12-21)13-14-26(28)25-9-3-4-10-27(25)30(2)17-18-31-30/h3-5,7-10,13-14,19-21H,6,11-12,15-18H2,1-2H3. The molecule has 1 saturated heterocycles. The Morgan fingerprint density at radius 2 is 1.48 bits per heavy atom. The molecule has 3 fully saturated rings. The Labute approximate surface area is 186 Å². The van der Waals surface area contributed by atoms with Crippen LogP contribution in [-0.4, -0.2) is 6.61 Å². The highest BCUT2D eigenvalue weighted by Gasteiger charge is 2.39. The van der Waals surface area contributed by atoms with Gasteiger partial charge >= 0.3 is 0 Å². The molecule has 31 heavy (non-hydrogen) atoms. The van der Waals surface area contributed by atoms with Crippen LogP contribution < -0.4 is 0 Å². The molecule has 3 aromatic rings. The molecule has 0 amide bonds. The number of hydrogen-bond acceptors (Lipinski definition) is 1. The van der Waals surface area contributed by atoms with Crippen molar-refractivity contribution in [2.75, 3.05) is 6.61 Å². The Kier molecular flexibility index (Phi) is 4.40. The summed E-state index contributed by atoms with van der Waals surface area (Å²) >= 11 is 0. The third-order valence-corrected chi connectivity index (χ3v) is 8.18. The predicted octanol–water partition coefficient (Wildman–Crippen LogP) is 7.98. The molecule has 1 heteroatoms. The van der Waals surface area contributed by atoms with Crippen molar-refractivity contribution in [1.82, 2.24) is 0 Å². The zero-order valence-corrected chi connectivity index (χ0v) is 18.8. The van der Waals surface area contributed by atoms with Crippen molar-refractivity contribution in [2.45, 2.75) is 69.3 Å². The smallest absolute Gasteiger partial charge is 0.0931 e. The third-order valence-electron chi connectivity index (χ3n) is 8.18. The molecule has 3 aromatic carbocycles. The summed E-state index contributed by atoms with van der Waals surface area (Å²) in [5, 5.41) is 0. The molecule has 2 aliphatic carbocycles. The highest BCUT2D eigenvalue weighted by Crippen LogP contribution is 2.50. The fourth-order valence-electron chi connectivity index (χ4n) is 5.62. The first-order valence-electron chi connectivity index (χ1n) is 12.0. The van der Waals surface area contributed by atoms with E-state index in [1.807, 2.05) is 0 Å². The van der Waals surface area contributed by atoms with Crippen LogP contribution in [0.5, 0.6) is 0 Å². The van der Waals surface area contributed by atoms with Crippen LogP contribution in [0, 0.1) is 0 Å². The van der Waals surface area contributed by atoms with Gasteiger partial charge in [-0.05, 0) is 89.0 Å². The molecule has 1 aliphatic heterocycles. The molecule has 0 N–H and O–H groups in total. The van der Waals surface area contributed by atoms with Gasteiger partial charge in [0.2, 0.25) is 0 Å². The molecule has 1 unspecified atom stereocenters. The maximum atomic E-state index is 6.07. The summed E-state index contributed by atoms with van der Waals surface area (Å²) in [6.07, 6.45) is 7.69. The van der Waals surface area contributed by atoms with Crippen LogP contribution in [0.3, 0.4) is 0 Å². The van der Waals surface area contributed by atoms with Gasteiger partial charge in [0, 0.05) is 6.42 Å². The molecule has 0 radical (unpaired) electrons. The largest absolute Gasteiger partial charge is 0.370 e. The maximum Gasteiger partial charge on any atom is 0.0931 e. The lowest BCUT2D eigenvalue weighted by Crippen LogP contribution is -2.38. The third kappa shape index (κ3) is 3.26. The van der Waals surface area contributed by atoms with E-state index >= 15 is 0 Å². The van der Waals surface area contributed by atoms with Crippen molar-refractivity contribution in [1.29, 1.82) is 0 Å². The Hall–Kier alpha value is -2.38. The number of hydrogen-bond donors (Lipinski definition) is 0. The van der Waals surface area contributed by atoms with E-state index in [0.717, 1.165) is 18.9 Å². The normalized spacial score (nSPS) is 24.3. The van der Waals surface area contributed by atoms with Gasteiger partial charge in [-0.3, -0.25) is 0 Å². The van der Waals surface area contributed by atoms with Gasteiger partial charge in [-0.2, -0.15) is 0 Å². The molecule has 1 atom stereocenters. The van der Waals surface area contributed by atoms with Crippen molar-refractivity contribution in [2.24, 2.45) is 0 Å². The SMILES string of the molecule is CC1(c2cc(-c3cccc(C4CC4)c3)ccc2-c2ccccc2C2(C)CCO2)CCC1. The first kappa shape index (κ1) is 19.3. The number of ether oxygens (including phenoxy) is 1. The van der Waals surface area contributed by atoms with E-state index in [0.29, 0.717) is 0 Å². The fourth-order valence-corrected chi connectivity index (χ4v) is 5.62. The second-order valence-corrected chi connectivity index (χ2v) is 10.4. The van der Waals surface area contributed by atoms with Gasteiger partial charge in [-0.15, -0.1) is 0 Å². The van der Waals surface area contributed by atoms with Crippen LogP contribution in [0.4, 0.5) is 0 Å². The van der Waals surface area contributed by atoms with E-state index in [4.69, 9.17) is 4.74 Å². The van der Waals surface area contributed by atoms with Gasteiger partial charge in [0.25, 0.3) is 0 Å². The lowest BCUT2D eigenvalue weighted by atomic mass is 9.63. The molecular formula is C30H32O. The van der Waals surface area contributed by atoms with Gasteiger partial charge in [0.1, 0.15) is 0 Å². The topological polar surface area (TPSA) is 9.23 Å². The summed E-state index contributed by atoms with van der Waals surface area (Å²) in [4.78, 5) is 0. The first-order chi connectivity index (χ1) is 15.1. The highest BCUT2D eigenvalue weighted by molar-refractivity contribution is 5.78. The molecular weight excluding hydrogens is 376 g/mol. The molecule has 6 rings (SSSR count). The van der Waals surface area contributed by atoms with Crippen molar-refractivity contribution in [3.8, 4) is 22.3 Å². The maximum absolute atomic E-state index is 6.07. The molecule has 3 aliphatic rings. The van der Waals surface area contributed by atoms with Crippen molar-refractivity contribution >= 4 is 0 Å². The van der Waals surface area contributed by atoms with Crippen LogP contribution in [-0.2, 0) is 15.8 Å². The van der Waals surface area contributed by atoms with Crippen molar-refractivity contribution < 1.29 is 4.74 Å².